The van der Waals surface area contributed by atoms with Gasteiger partial charge >= 0.3 is 0 Å². The smallest absolute Gasteiger partial charge is 0.176 e. The van der Waals surface area contributed by atoms with Gasteiger partial charge in [-0.3, -0.25) is 5.10 Å². The lowest BCUT2D eigenvalue weighted by molar-refractivity contribution is 0.417. The molecule has 1 aromatic heterocycles. The molecule has 6 nitrogen and oxygen atoms in total. The van der Waals surface area contributed by atoms with Crippen LogP contribution < -0.4 is 20.7 Å². The number of nitrogens with zero attached hydrogens (tertiary/aromatic N) is 1. The first-order valence-electron chi connectivity index (χ1n) is 6.76. The molecule has 0 fully saturated rings. The zero-order valence-electron chi connectivity index (χ0n) is 11.7. The molecule has 0 saturated heterocycles. The number of aromatic nitrogens is 2. The number of para-hydroxylation sites is 2. The van der Waals surface area contributed by atoms with Crippen molar-refractivity contribution in [2.75, 3.05) is 24.3 Å². The number of hydrogen-bond acceptors (Lipinski definition) is 4. The highest BCUT2D eigenvalue weighted by Crippen LogP contribution is 2.24. The number of thiocarbonyl (C=S) groups is 1. The Balaban J connectivity index is 1.71. The molecule has 7 heteroatoms. The van der Waals surface area contributed by atoms with Crippen LogP contribution in [0.25, 0.3) is 0 Å². The third kappa shape index (κ3) is 2.98. The summed E-state index contributed by atoms with van der Waals surface area (Å²) in [4.78, 5) is 0. The zero-order chi connectivity index (χ0) is 14.7. The second-order valence-corrected chi connectivity index (χ2v) is 5.14. The first kappa shape index (κ1) is 13.8. The minimum absolute atomic E-state index is 0.493. The summed E-state index contributed by atoms with van der Waals surface area (Å²) in [5.41, 5.74) is 3.13. The molecule has 1 aromatic carbocycles. The molecule has 3 rings (SSSR count). The summed E-state index contributed by atoms with van der Waals surface area (Å²) in [6.07, 6.45) is 0.936. The first-order chi connectivity index (χ1) is 10.3. The second-order valence-electron chi connectivity index (χ2n) is 4.74. The van der Waals surface area contributed by atoms with Crippen LogP contribution >= 0.6 is 12.2 Å². The highest BCUT2D eigenvalue weighted by Gasteiger charge is 2.17. The van der Waals surface area contributed by atoms with E-state index in [9.17, 15) is 0 Å². The molecular weight excluding hydrogens is 286 g/mol. The highest BCUT2D eigenvalue weighted by atomic mass is 32.1. The van der Waals surface area contributed by atoms with Gasteiger partial charge in [-0.1, -0.05) is 12.1 Å². The number of methoxy groups -OCH3 is 1. The van der Waals surface area contributed by atoms with E-state index in [1.165, 1.54) is 5.56 Å². The normalized spacial score (nSPS) is 13.4. The lowest BCUT2D eigenvalue weighted by Crippen LogP contribution is -2.25. The number of rotatable bonds is 3. The molecule has 2 aromatic rings. The maximum Gasteiger partial charge on any atom is 0.176 e. The second kappa shape index (κ2) is 6.11. The van der Waals surface area contributed by atoms with Gasteiger partial charge in [-0.05, 0) is 37.3 Å². The third-order valence-electron chi connectivity index (χ3n) is 3.39. The SMILES string of the molecule is COc1ccccc1NC(=S)Nc1n[nH]c2c1CCNC2. The molecule has 0 bridgehead atoms. The summed E-state index contributed by atoms with van der Waals surface area (Å²) in [7, 11) is 1.63. The fourth-order valence-corrected chi connectivity index (χ4v) is 2.56. The van der Waals surface area contributed by atoms with Gasteiger partial charge in [0.1, 0.15) is 5.75 Å². The molecule has 1 aliphatic heterocycles. The number of H-pyrrole nitrogens is 1. The molecule has 0 amide bonds. The number of ether oxygens (including phenoxy) is 1. The quantitative estimate of drug-likeness (QED) is 0.649. The Morgan fingerprint density at radius 2 is 2.19 bits per heavy atom. The topological polar surface area (TPSA) is 74.0 Å². The predicted molar refractivity (Wildman–Crippen MR) is 86.8 cm³/mol. The van der Waals surface area contributed by atoms with Gasteiger partial charge in [0, 0.05) is 12.1 Å². The lowest BCUT2D eigenvalue weighted by Gasteiger charge is -2.15. The summed E-state index contributed by atoms with van der Waals surface area (Å²) < 4.78 is 5.29. The van der Waals surface area contributed by atoms with E-state index in [0.29, 0.717) is 5.11 Å². The lowest BCUT2D eigenvalue weighted by atomic mass is 10.1. The predicted octanol–water partition coefficient (Wildman–Crippen LogP) is 1.87. The van der Waals surface area contributed by atoms with E-state index >= 15 is 0 Å². The van der Waals surface area contributed by atoms with E-state index in [1.807, 2.05) is 24.3 Å². The Kier molecular flexibility index (Phi) is 4.03. The fraction of sp³-hybridized carbons (Fsp3) is 0.286. The van der Waals surface area contributed by atoms with Crippen molar-refractivity contribution < 1.29 is 4.74 Å². The number of hydrogen-bond donors (Lipinski definition) is 4. The van der Waals surface area contributed by atoms with Crippen LogP contribution in [0.4, 0.5) is 11.5 Å². The van der Waals surface area contributed by atoms with Crippen LogP contribution in [0, 0.1) is 0 Å². The van der Waals surface area contributed by atoms with Crippen LogP contribution in [0.5, 0.6) is 5.75 Å². The maximum atomic E-state index is 5.35. The third-order valence-corrected chi connectivity index (χ3v) is 3.60. The molecule has 0 spiro atoms. The van der Waals surface area contributed by atoms with Crippen molar-refractivity contribution in [3.8, 4) is 5.75 Å². The van der Waals surface area contributed by atoms with Gasteiger partial charge in [0.25, 0.3) is 0 Å². The molecule has 1 aliphatic rings. The minimum atomic E-state index is 0.493. The largest absolute Gasteiger partial charge is 0.495 e. The van der Waals surface area contributed by atoms with Crippen molar-refractivity contribution in [2.24, 2.45) is 0 Å². The van der Waals surface area contributed by atoms with Crippen LogP contribution in [-0.2, 0) is 13.0 Å². The summed E-state index contributed by atoms with van der Waals surface area (Å²) in [6, 6.07) is 7.64. The Labute approximate surface area is 128 Å². The van der Waals surface area contributed by atoms with E-state index in [2.05, 4.69) is 26.1 Å². The molecule has 0 saturated carbocycles. The monoisotopic (exact) mass is 303 g/mol. The van der Waals surface area contributed by atoms with Crippen molar-refractivity contribution in [3.05, 3.63) is 35.5 Å². The standard InChI is InChI=1S/C14H17N5OS/c1-20-12-5-3-2-4-10(12)16-14(21)17-13-9-6-7-15-8-11(9)18-19-13/h2-5,15H,6-8H2,1H3,(H3,16,17,18,19,21). The number of fused-ring (bicyclic) bond motifs is 1. The Morgan fingerprint density at radius 3 is 3.05 bits per heavy atom. The molecule has 2 heterocycles. The van der Waals surface area contributed by atoms with E-state index in [4.69, 9.17) is 17.0 Å². The van der Waals surface area contributed by atoms with Gasteiger partial charge in [0.15, 0.2) is 10.9 Å². The average molecular weight is 303 g/mol. The van der Waals surface area contributed by atoms with Crippen molar-refractivity contribution >= 4 is 28.8 Å². The van der Waals surface area contributed by atoms with Crippen LogP contribution in [0.3, 0.4) is 0 Å². The van der Waals surface area contributed by atoms with Gasteiger partial charge < -0.3 is 20.7 Å². The van der Waals surface area contributed by atoms with Gasteiger partial charge in [-0.15, -0.1) is 0 Å². The van der Waals surface area contributed by atoms with Gasteiger partial charge in [0.2, 0.25) is 0 Å². The van der Waals surface area contributed by atoms with E-state index in [-0.39, 0.29) is 0 Å². The van der Waals surface area contributed by atoms with Crippen molar-refractivity contribution in [2.45, 2.75) is 13.0 Å². The molecule has 4 N–H and O–H groups in total. The molecule has 21 heavy (non-hydrogen) atoms. The Bertz CT molecular complexity index is 655. The van der Waals surface area contributed by atoms with Gasteiger partial charge in [-0.25, -0.2) is 0 Å². The summed E-state index contributed by atoms with van der Waals surface area (Å²) >= 11 is 5.35. The average Bonchev–Trinajstić information content (AvgIpc) is 2.91. The van der Waals surface area contributed by atoms with Crippen molar-refractivity contribution in [3.63, 3.8) is 0 Å². The Morgan fingerprint density at radius 1 is 1.33 bits per heavy atom. The molecule has 0 radical (unpaired) electrons. The maximum absolute atomic E-state index is 5.35. The van der Waals surface area contributed by atoms with Crippen molar-refractivity contribution in [1.82, 2.24) is 15.5 Å². The molecule has 0 atom stereocenters. The highest BCUT2D eigenvalue weighted by molar-refractivity contribution is 7.80. The fourth-order valence-electron chi connectivity index (χ4n) is 2.36. The van der Waals surface area contributed by atoms with E-state index < -0.39 is 0 Å². The molecule has 0 aliphatic carbocycles. The summed E-state index contributed by atoms with van der Waals surface area (Å²) in [6.45, 7) is 1.77. The zero-order valence-corrected chi connectivity index (χ0v) is 12.5. The van der Waals surface area contributed by atoms with E-state index in [1.54, 1.807) is 7.11 Å². The summed E-state index contributed by atoms with van der Waals surface area (Å²) in [5, 5.41) is 17.4. The van der Waals surface area contributed by atoms with Crippen LogP contribution in [0.2, 0.25) is 0 Å². The van der Waals surface area contributed by atoms with E-state index in [0.717, 1.165) is 42.5 Å². The number of benzene rings is 1. The first-order valence-corrected chi connectivity index (χ1v) is 7.16. The van der Waals surface area contributed by atoms with Crippen LogP contribution in [-0.4, -0.2) is 29.0 Å². The van der Waals surface area contributed by atoms with Crippen LogP contribution in [0.1, 0.15) is 11.3 Å². The van der Waals surface area contributed by atoms with Gasteiger partial charge in [-0.2, -0.15) is 5.10 Å². The van der Waals surface area contributed by atoms with Gasteiger partial charge in [0.05, 0.1) is 18.5 Å². The number of nitrogens with one attached hydrogen (secondary N) is 4. The minimum Gasteiger partial charge on any atom is -0.495 e. The number of aromatic amines is 1. The molecule has 110 valence electrons. The molecule has 0 unspecified atom stereocenters. The number of anilines is 2. The van der Waals surface area contributed by atoms with Crippen molar-refractivity contribution in [1.29, 1.82) is 0 Å². The Hall–Kier alpha value is -2.12. The summed E-state index contributed by atoms with van der Waals surface area (Å²) in [5.74, 6) is 1.54. The van der Waals surface area contributed by atoms with Crippen LogP contribution in [0.15, 0.2) is 24.3 Å². The molecular formula is C14H17N5OS.